The highest BCUT2D eigenvalue weighted by Gasteiger charge is 2.32. The van der Waals surface area contributed by atoms with Gasteiger partial charge in [-0.25, -0.2) is 0 Å². The van der Waals surface area contributed by atoms with Crippen LogP contribution in [0.5, 0.6) is 0 Å². The number of nitrogens with zero attached hydrogens (tertiary/aromatic N) is 1. The molecule has 1 aliphatic heterocycles. The Balaban J connectivity index is 2.07. The van der Waals surface area contributed by atoms with Crippen LogP contribution >= 0.6 is 15.9 Å². The molecule has 114 valence electrons. The molecule has 21 heavy (non-hydrogen) atoms. The summed E-state index contributed by atoms with van der Waals surface area (Å²) in [7, 11) is 0. The van der Waals surface area contributed by atoms with Crippen LogP contribution in [0.15, 0.2) is 28.7 Å². The summed E-state index contributed by atoms with van der Waals surface area (Å²) >= 11 is 3.38. The first-order chi connectivity index (χ1) is 9.97. The fourth-order valence-corrected chi connectivity index (χ4v) is 2.63. The highest BCUT2D eigenvalue weighted by Crippen LogP contribution is 2.20. The third-order valence-electron chi connectivity index (χ3n) is 3.85. The number of carbonyl (C=O) groups excluding carboxylic acids is 2. The Morgan fingerprint density at radius 1 is 1.38 bits per heavy atom. The Kier molecular flexibility index (Phi) is 5.36. The minimum atomic E-state index is -0.487. The predicted molar refractivity (Wildman–Crippen MR) is 84.3 cm³/mol. The lowest BCUT2D eigenvalue weighted by Crippen LogP contribution is -2.51. The van der Waals surface area contributed by atoms with E-state index >= 15 is 0 Å². The van der Waals surface area contributed by atoms with Crippen molar-refractivity contribution in [3.05, 3.63) is 34.3 Å². The smallest absolute Gasteiger partial charge is 0.237 e. The number of carbonyl (C=O) groups is 2. The summed E-state index contributed by atoms with van der Waals surface area (Å²) in [5.41, 5.74) is 6.26. The van der Waals surface area contributed by atoms with E-state index in [1.165, 1.54) is 0 Å². The fourth-order valence-electron chi connectivity index (χ4n) is 2.36. The molecule has 1 aromatic carbocycles. The van der Waals surface area contributed by atoms with Crippen molar-refractivity contribution in [2.75, 3.05) is 19.6 Å². The molecule has 0 bridgehead atoms. The molecule has 1 aromatic rings. The lowest BCUT2D eigenvalue weighted by molar-refractivity contribution is -0.141. The Morgan fingerprint density at radius 3 is 2.48 bits per heavy atom. The summed E-state index contributed by atoms with van der Waals surface area (Å²) in [6, 6.07) is 7.70. The molecule has 0 aromatic heterocycles. The van der Waals surface area contributed by atoms with E-state index in [9.17, 15) is 9.59 Å². The normalized spacial score (nSPS) is 16.1. The van der Waals surface area contributed by atoms with Gasteiger partial charge in [0.05, 0.1) is 6.54 Å². The van der Waals surface area contributed by atoms with Crippen LogP contribution in [0.3, 0.4) is 0 Å². The second-order valence-corrected chi connectivity index (χ2v) is 6.41. The number of benzene rings is 1. The van der Waals surface area contributed by atoms with Crippen molar-refractivity contribution in [2.24, 2.45) is 17.6 Å². The number of primary amides is 1. The summed E-state index contributed by atoms with van der Waals surface area (Å²) in [4.78, 5) is 25.4. The Labute approximate surface area is 133 Å². The van der Waals surface area contributed by atoms with Gasteiger partial charge >= 0.3 is 0 Å². The van der Waals surface area contributed by atoms with Crippen molar-refractivity contribution in [1.29, 1.82) is 0 Å². The minimum Gasteiger partial charge on any atom is -0.368 e. The van der Waals surface area contributed by atoms with Gasteiger partial charge in [-0.05, 0) is 36.7 Å². The third-order valence-corrected chi connectivity index (χ3v) is 4.38. The van der Waals surface area contributed by atoms with Crippen molar-refractivity contribution in [3.63, 3.8) is 0 Å². The minimum absolute atomic E-state index is 0.0109. The third kappa shape index (κ3) is 4.28. The Bertz CT molecular complexity index is 514. The van der Waals surface area contributed by atoms with Crippen LogP contribution in [0.2, 0.25) is 0 Å². The zero-order chi connectivity index (χ0) is 15.4. The lowest BCUT2D eigenvalue weighted by Gasteiger charge is -2.34. The van der Waals surface area contributed by atoms with Gasteiger partial charge in [0.15, 0.2) is 0 Å². The highest BCUT2D eigenvalue weighted by molar-refractivity contribution is 9.10. The van der Waals surface area contributed by atoms with Crippen molar-refractivity contribution in [3.8, 4) is 0 Å². The van der Waals surface area contributed by atoms with Crippen LogP contribution in [-0.2, 0) is 16.1 Å². The summed E-state index contributed by atoms with van der Waals surface area (Å²) in [5.74, 6) is -0.249. The van der Waals surface area contributed by atoms with Gasteiger partial charge in [-0.15, -0.1) is 0 Å². The zero-order valence-electron chi connectivity index (χ0n) is 12.0. The number of amides is 2. The van der Waals surface area contributed by atoms with E-state index < -0.39 is 5.91 Å². The first-order valence-corrected chi connectivity index (χ1v) is 7.79. The molecule has 6 heteroatoms. The van der Waals surface area contributed by atoms with Crippen LogP contribution in [0.1, 0.15) is 12.5 Å². The number of nitrogens with two attached hydrogens (primary N) is 1. The molecule has 3 N–H and O–H groups in total. The number of hydrogen-bond donors (Lipinski definition) is 2. The molecule has 1 unspecified atom stereocenters. The quantitative estimate of drug-likeness (QED) is 0.804. The molecule has 0 saturated carbocycles. The molecule has 0 radical (unpaired) electrons. The molecule has 5 nitrogen and oxygen atoms in total. The average Bonchev–Trinajstić information content (AvgIpc) is 2.37. The van der Waals surface area contributed by atoms with E-state index in [0.29, 0.717) is 12.5 Å². The van der Waals surface area contributed by atoms with Gasteiger partial charge in [-0.1, -0.05) is 35.0 Å². The lowest BCUT2D eigenvalue weighted by atomic mass is 9.88. The first-order valence-electron chi connectivity index (χ1n) is 6.99. The standard InChI is InChI=1S/C15H20BrN3O2/c1-10(12-6-18-7-12)15(21)19(9-14(17)20)8-11-2-4-13(16)5-3-11/h2-5,10,12,18H,6-9H2,1H3,(H2,17,20). The van der Waals surface area contributed by atoms with Gasteiger partial charge in [-0.2, -0.15) is 0 Å². The molecule has 0 spiro atoms. The largest absolute Gasteiger partial charge is 0.368 e. The average molecular weight is 354 g/mol. The molecule has 1 fully saturated rings. The molecular formula is C15H20BrN3O2. The van der Waals surface area contributed by atoms with Crippen molar-refractivity contribution >= 4 is 27.7 Å². The molecule has 2 amide bonds. The van der Waals surface area contributed by atoms with Crippen LogP contribution in [0.25, 0.3) is 0 Å². The Hall–Kier alpha value is -1.40. The Morgan fingerprint density at radius 2 is 2.00 bits per heavy atom. The van der Waals surface area contributed by atoms with Gasteiger partial charge in [0.1, 0.15) is 0 Å². The molecule has 1 saturated heterocycles. The van der Waals surface area contributed by atoms with Crippen molar-refractivity contribution in [2.45, 2.75) is 13.5 Å². The molecular weight excluding hydrogens is 334 g/mol. The monoisotopic (exact) mass is 353 g/mol. The SMILES string of the molecule is CC(C(=O)N(CC(N)=O)Cc1ccc(Br)cc1)C1CNC1. The second kappa shape index (κ2) is 7.04. The highest BCUT2D eigenvalue weighted by atomic mass is 79.9. The van der Waals surface area contributed by atoms with Crippen LogP contribution in [0.4, 0.5) is 0 Å². The van der Waals surface area contributed by atoms with E-state index in [4.69, 9.17) is 5.73 Å². The van der Waals surface area contributed by atoms with Crippen molar-refractivity contribution in [1.82, 2.24) is 10.2 Å². The maximum atomic E-state index is 12.6. The van der Waals surface area contributed by atoms with Crippen LogP contribution in [0, 0.1) is 11.8 Å². The second-order valence-electron chi connectivity index (χ2n) is 5.49. The summed E-state index contributed by atoms with van der Waals surface area (Å²) in [5, 5.41) is 3.17. The number of hydrogen-bond acceptors (Lipinski definition) is 3. The molecule has 1 heterocycles. The van der Waals surface area contributed by atoms with E-state index in [1.807, 2.05) is 31.2 Å². The number of halogens is 1. The molecule has 2 rings (SSSR count). The fraction of sp³-hybridized carbons (Fsp3) is 0.467. The van der Waals surface area contributed by atoms with Gasteiger partial charge in [0, 0.05) is 16.9 Å². The molecule has 0 aliphatic carbocycles. The van der Waals surface area contributed by atoms with Crippen molar-refractivity contribution < 1.29 is 9.59 Å². The summed E-state index contributed by atoms with van der Waals surface area (Å²) < 4.78 is 0.980. The van der Waals surface area contributed by atoms with E-state index in [1.54, 1.807) is 4.90 Å². The van der Waals surface area contributed by atoms with E-state index in [0.717, 1.165) is 23.1 Å². The first kappa shape index (κ1) is 16.0. The maximum absolute atomic E-state index is 12.6. The molecule has 1 atom stereocenters. The predicted octanol–water partition coefficient (Wildman–Crippen LogP) is 1.12. The maximum Gasteiger partial charge on any atom is 0.237 e. The number of rotatable bonds is 6. The van der Waals surface area contributed by atoms with Crippen LogP contribution in [-0.4, -0.2) is 36.3 Å². The van der Waals surface area contributed by atoms with Gasteiger partial charge in [0.2, 0.25) is 11.8 Å². The molecule has 1 aliphatic rings. The van der Waals surface area contributed by atoms with Gasteiger partial charge < -0.3 is 16.0 Å². The van der Waals surface area contributed by atoms with Crippen LogP contribution < -0.4 is 11.1 Å². The topological polar surface area (TPSA) is 75.4 Å². The van der Waals surface area contributed by atoms with E-state index in [2.05, 4.69) is 21.2 Å². The van der Waals surface area contributed by atoms with Gasteiger partial charge in [-0.3, -0.25) is 9.59 Å². The van der Waals surface area contributed by atoms with E-state index in [-0.39, 0.29) is 18.4 Å². The number of nitrogens with one attached hydrogen (secondary N) is 1. The zero-order valence-corrected chi connectivity index (χ0v) is 13.6. The van der Waals surface area contributed by atoms with Gasteiger partial charge in [0.25, 0.3) is 0 Å². The summed E-state index contributed by atoms with van der Waals surface area (Å²) in [6.07, 6.45) is 0. The summed E-state index contributed by atoms with van der Waals surface area (Å²) in [6.45, 7) is 3.99.